The number of halogens is 3. The number of hydrogen-bond donors (Lipinski definition) is 1. The summed E-state index contributed by atoms with van der Waals surface area (Å²) in [5, 5.41) is 9.60. The predicted octanol–water partition coefficient (Wildman–Crippen LogP) is 5.24. The van der Waals surface area contributed by atoms with Crippen LogP contribution in [0.4, 0.5) is 8.78 Å². The SMILES string of the molecule is O=C(O)c1cc(C2CC2)c(O[C@H]2CCCN(Cc3ccc(F)cc3Cl)C2)cc1F. The molecule has 2 fully saturated rings. The first-order valence-corrected chi connectivity index (χ1v) is 10.2. The van der Waals surface area contributed by atoms with Crippen molar-refractivity contribution < 1.29 is 23.4 Å². The van der Waals surface area contributed by atoms with E-state index >= 15 is 0 Å². The zero-order chi connectivity index (χ0) is 20.5. The van der Waals surface area contributed by atoms with E-state index in [1.165, 1.54) is 24.3 Å². The van der Waals surface area contributed by atoms with Gasteiger partial charge >= 0.3 is 5.97 Å². The second-order valence-corrected chi connectivity index (χ2v) is 8.21. The van der Waals surface area contributed by atoms with E-state index < -0.39 is 11.8 Å². The lowest BCUT2D eigenvalue weighted by Crippen LogP contribution is -2.40. The molecule has 2 aromatic rings. The molecule has 1 aliphatic carbocycles. The minimum Gasteiger partial charge on any atom is -0.489 e. The van der Waals surface area contributed by atoms with Crippen LogP contribution in [0, 0.1) is 11.6 Å². The Morgan fingerprint density at radius 3 is 2.69 bits per heavy atom. The summed E-state index contributed by atoms with van der Waals surface area (Å²) in [6, 6.07) is 7.03. The Bertz CT molecular complexity index is 933. The average molecular weight is 422 g/mol. The molecule has 1 N–H and O–H groups in total. The Kier molecular flexibility index (Phi) is 5.74. The van der Waals surface area contributed by atoms with Crippen LogP contribution in [-0.4, -0.2) is 35.2 Å². The van der Waals surface area contributed by atoms with Crippen LogP contribution < -0.4 is 4.74 Å². The van der Waals surface area contributed by atoms with Crippen molar-refractivity contribution in [3.8, 4) is 5.75 Å². The van der Waals surface area contributed by atoms with Gasteiger partial charge in [-0.25, -0.2) is 13.6 Å². The van der Waals surface area contributed by atoms with Gasteiger partial charge in [0.25, 0.3) is 0 Å². The summed E-state index contributed by atoms with van der Waals surface area (Å²) in [5.74, 6) is -1.72. The Morgan fingerprint density at radius 2 is 2.00 bits per heavy atom. The van der Waals surface area contributed by atoms with Crippen molar-refractivity contribution in [2.24, 2.45) is 0 Å². The molecule has 0 spiro atoms. The van der Waals surface area contributed by atoms with Crippen LogP contribution in [-0.2, 0) is 6.54 Å². The number of nitrogens with zero attached hydrogens (tertiary/aromatic N) is 1. The molecule has 0 amide bonds. The van der Waals surface area contributed by atoms with Gasteiger partial charge in [-0.3, -0.25) is 4.90 Å². The quantitative estimate of drug-likeness (QED) is 0.693. The fraction of sp³-hybridized carbons (Fsp3) is 0.409. The number of carboxylic acids is 1. The number of piperidine rings is 1. The van der Waals surface area contributed by atoms with E-state index in [1.54, 1.807) is 6.07 Å². The Hall–Kier alpha value is -2.18. The molecule has 2 aliphatic rings. The van der Waals surface area contributed by atoms with Crippen LogP contribution in [0.25, 0.3) is 0 Å². The molecule has 1 aliphatic heterocycles. The number of rotatable bonds is 6. The van der Waals surface area contributed by atoms with Gasteiger partial charge in [0.15, 0.2) is 0 Å². The maximum atomic E-state index is 14.2. The summed E-state index contributed by atoms with van der Waals surface area (Å²) >= 11 is 6.15. The summed E-state index contributed by atoms with van der Waals surface area (Å²) in [6.07, 6.45) is 3.54. The molecule has 1 saturated heterocycles. The smallest absolute Gasteiger partial charge is 0.338 e. The van der Waals surface area contributed by atoms with Gasteiger partial charge in [-0.2, -0.15) is 0 Å². The van der Waals surface area contributed by atoms with E-state index in [0.29, 0.717) is 23.9 Å². The van der Waals surface area contributed by atoms with Gasteiger partial charge in [0.2, 0.25) is 0 Å². The maximum absolute atomic E-state index is 14.2. The lowest BCUT2D eigenvalue weighted by Gasteiger charge is -2.33. The number of carbonyl (C=O) groups is 1. The minimum atomic E-state index is -1.27. The third kappa shape index (κ3) is 4.70. The van der Waals surface area contributed by atoms with Crippen LogP contribution >= 0.6 is 11.6 Å². The third-order valence-electron chi connectivity index (χ3n) is 5.51. The van der Waals surface area contributed by atoms with Crippen molar-refractivity contribution >= 4 is 17.6 Å². The van der Waals surface area contributed by atoms with Crippen molar-refractivity contribution in [1.82, 2.24) is 4.90 Å². The monoisotopic (exact) mass is 421 g/mol. The highest BCUT2D eigenvalue weighted by Crippen LogP contribution is 2.45. The number of ether oxygens (including phenoxy) is 1. The van der Waals surface area contributed by atoms with Crippen molar-refractivity contribution in [1.29, 1.82) is 0 Å². The normalized spacial score (nSPS) is 19.9. The number of benzene rings is 2. The van der Waals surface area contributed by atoms with Crippen LogP contribution in [0.3, 0.4) is 0 Å². The molecule has 154 valence electrons. The molecule has 1 saturated carbocycles. The summed E-state index contributed by atoms with van der Waals surface area (Å²) in [5.41, 5.74) is 1.32. The van der Waals surface area contributed by atoms with Gasteiger partial charge in [0.05, 0.1) is 5.56 Å². The summed E-state index contributed by atoms with van der Waals surface area (Å²) < 4.78 is 33.7. The van der Waals surface area contributed by atoms with Crippen molar-refractivity contribution in [3.63, 3.8) is 0 Å². The van der Waals surface area contributed by atoms with Crippen LogP contribution in [0.2, 0.25) is 5.02 Å². The molecule has 0 unspecified atom stereocenters. The first-order valence-electron chi connectivity index (χ1n) is 9.80. The van der Waals surface area contributed by atoms with Gasteiger partial charge in [0.1, 0.15) is 23.5 Å². The summed E-state index contributed by atoms with van der Waals surface area (Å²) in [4.78, 5) is 13.4. The Morgan fingerprint density at radius 1 is 1.21 bits per heavy atom. The highest BCUT2D eigenvalue weighted by molar-refractivity contribution is 6.31. The van der Waals surface area contributed by atoms with Gasteiger partial charge in [0, 0.05) is 24.2 Å². The maximum Gasteiger partial charge on any atom is 0.338 e. The van der Waals surface area contributed by atoms with E-state index in [1.807, 2.05) is 0 Å². The molecule has 1 heterocycles. The first-order chi connectivity index (χ1) is 13.9. The Balaban J connectivity index is 1.48. The van der Waals surface area contributed by atoms with E-state index in [2.05, 4.69) is 4.90 Å². The Labute approximate surface area is 173 Å². The number of carboxylic acid groups (broad SMARTS) is 1. The average Bonchev–Trinajstić information content (AvgIpc) is 3.49. The van der Waals surface area contributed by atoms with Gasteiger partial charge in [-0.1, -0.05) is 17.7 Å². The van der Waals surface area contributed by atoms with E-state index in [4.69, 9.17) is 16.3 Å². The zero-order valence-corrected chi connectivity index (χ0v) is 16.6. The first kappa shape index (κ1) is 20.1. The number of likely N-dealkylation sites (tertiary alicyclic amines) is 1. The van der Waals surface area contributed by atoms with Gasteiger partial charge < -0.3 is 9.84 Å². The second kappa shape index (κ2) is 8.28. The fourth-order valence-electron chi connectivity index (χ4n) is 3.87. The molecule has 4 nitrogen and oxygen atoms in total. The molecule has 29 heavy (non-hydrogen) atoms. The second-order valence-electron chi connectivity index (χ2n) is 7.80. The molecule has 0 radical (unpaired) electrons. The molecular weight excluding hydrogens is 400 g/mol. The molecule has 2 aromatic carbocycles. The van der Waals surface area contributed by atoms with E-state index in [0.717, 1.165) is 43.4 Å². The topological polar surface area (TPSA) is 49.8 Å². The molecule has 0 aromatic heterocycles. The lowest BCUT2D eigenvalue weighted by atomic mass is 10.0. The molecule has 0 bridgehead atoms. The summed E-state index contributed by atoms with van der Waals surface area (Å²) in [7, 11) is 0. The van der Waals surface area contributed by atoms with Crippen LogP contribution in [0.15, 0.2) is 30.3 Å². The molecule has 7 heteroatoms. The van der Waals surface area contributed by atoms with Crippen LogP contribution in [0.1, 0.15) is 53.1 Å². The largest absolute Gasteiger partial charge is 0.489 e. The minimum absolute atomic E-state index is 0.129. The standard InChI is InChI=1S/C22H22ClF2NO3/c23-19-8-15(24)6-5-14(19)11-26-7-1-2-16(12-26)29-21-10-20(25)18(22(27)28)9-17(21)13-3-4-13/h5-6,8-10,13,16H,1-4,7,11-12H2,(H,27,28)/t16-/m0/s1. The highest BCUT2D eigenvalue weighted by atomic mass is 35.5. The lowest BCUT2D eigenvalue weighted by molar-refractivity contribution is 0.0690. The van der Waals surface area contributed by atoms with E-state index in [-0.39, 0.29) is 23.4 Å². The molecule has 4 rings (SSSR count). The highest BCUT2D eigenvalue weighted by Gasteiger charge is 2.31. The third-order valence-corrected chi connectivity index (χ3v) is 5.86. The summed E-state index contributed by atoms with van der Waals surface area (Å²) in [6.45, 7) is 2.09. The molecular formula is C22H22ClF2NO3. The van der Waals surface area contributed by atoms with Gasteiger partial charge in [-0.15, -0.1) is 0 Å². The van der Waals surface area contributed by atoms with Crippen molar-refractivity contribution in [2.75, 3.05) is 13.1 Å². The number of aromatic carboxylic acids is 1. The van der Waals surface area contributed by atoms with Crippen molar-refractivity contribution in [2.45, 2.75) is 44.2 Å². The van der Waals surface area contributed by atoms with Crippen LogP contribution in [0.5, 0.6) is 5.75 Å². The number of hydrogen-bond acceptors (Lipinski definition) is 3. The van der Waals surface area contributed by atoms with Gasteiger partial charge in [-0.05, 0) is 67.5 Å². The van der Waals surface area contributed by atoms with E-state index in [9.17, 15) is 18.7 Å². The van der Waals surface area contributed by atoms with Crippen molar-refractivity contribution in [3.05, 3.63) is 63.7 Å². The molecule has 1 atom stereocenters. The zero-order valence-electron chi connectivity index (χ0n) is 15.8. The fourth-order valence-corrected chi connectivity index (χ4v) is 4.10. The predicted molar refractivity (Wildman–Crippen MR) is 106 cm³/mol.